The van der Waals surface area contributed by atoms with Crippen LogP contribution in [0.2, 0.25) is 0 Å². The van der Waals surface area contributed by atoms with E-state index in [2.05, 4.69) is 9.88 Å². The number of aliphatic hydroxyl groups excluding tert-OH is 1. The van der Waals surface area contributed by atoms with Crippen LogP contribution < -0.4 is 0 Å². The molecule has 7 nitrogen and oxygen atoms in total. The summed E-state index contributed by atoms with van der Waals surface area (Å²) in [5.41, 5.74) is 1.85. The molecule has 1 aliphatic rings. The van der Waals surface area contributed by atoms with Crippen molar-refractivity contribution in [3.8, 4) is 0 Å². The van der Waals surface area contributed by atoms with Gasteiger partial charge >= 0.3 is 0 Å². The van der Waals surface area contributed by atoms with Crippen LogP contribution in [0, 0.1) is 0 Å². The molecule has 1 aromatic heterocycles. The predicted octanol–water partition coefficient (Wildman–Crippen LogP) is 1.31. The van der Waals surface area contributed by atoms with Gasteiger partial charge in [-0.05, 0) is 24.9 Å². The van der Waals surface area contributed by atoms with Gasteiger partial charge in [0.2, 0.25) is 15.0 Å². The number of ether oxygens (including phenoxy) is 1. The molecular formula is C19H27N3O4S. The van der Waals surface area contributed by atoms with E-state index in [-0.39, 0.29) is 23.6 Å². The first-order valence-electron chi connectivity index (χ1n) is 9.20. The summed E-state index contributed by atoms with van der Waals surface area (Å²) in [6.45, 7) is 2.63. The maximum Gasteiger partial charge on any atom is 0.228 e. The maximum atomic E-state index is 12.7. The van der Waals surface area contributed by atoms with Crippen molar-refractivity contribution in [2.24, 2.45) is 0 Å². The minimum atomic E-state index is -3.54. The Morgan fingerprint density at radius 3 is 2.74 bits per heavy atom. The van der Waals surface area contributed by atoms with Gasteiger partial charge in [0.25, 0.3) is 0 Å². The van der Waals surface area contributed by atoms with Gasteiger partial charge in [0.1, 0.15) is 0 Å². The summed E-state index contributed by atoms with van der Waals surface area (Å²) in [5.74, 6) is -0.100. The topological polar surface area (TPSA) is 84.7 Å². The highest BCUT2D eigenvalue weighted by atomic mass is 32.2. The van der Waals surface area contributed by atoms with Gasteiger partial charge in [-0.15, -0.1) is 0 Å². The molecule has 0 bridgehead atoms. The van der Waals surface area contributed by atoms with E-state index in [0.29, 0.717) is 19.6 Å². The van der Waals surface area contributed by atoms with E-state index in [9.17, 15) is 13.5 Å². The molecule has 27 heavy (non-hydrogen) atoms. The Balaban J connectivity index is 1.90. The zero-order valence-corrected chi connectivity index (χ0v) is 16.4. The van der Waals surface area contributed by atoms with E-state index in [0.717, 1.165) is 30.6 Å². The van der Waals surface area contributed by atoms with Crippen molar-refractivity contribution in [3.05, 3.63) is 47.8 Å². The number of β-amino-alcohol motifs (C(OH)–C–C–N with tert-alkyl or cyclic N) is 1. The predicted molar refractivity (Wildman–Crippen MR) is 102 cm³/mol. The van der Waals surface area contributed by atoms with Crippen molar-refractivity contribution < 1.29 is 18.3 Å². The van der Waals surface area contributed by atoms with Gasteiger partial charge in [0.05, 0.1) is 36.9 Å². The fraction of sp³-hybridized carbons (Fsp3) is 0.526. The molecule has 1 aromatic carbocycles. The average molecular weight is 394 g/mol. The van der Waals surface area contributed by atoms with Crippen LogP contribution in [0.4, 0.5) is 0 Å². The van der Waals surface area contributed by atoms with Crippen molar-refractivity contribution >= 4 is 9.84 Å². The van der Waals surface area contributed by atoms with Crippen LogP contribution in [0.5, 0.6) is 0 Å². The van der Waals surface area contributed by atoms with E-state index in [1.54, 1.807) is 10.8 Å². The SMILES string of the molecule is COCCS(=O)(=O)c1ncc(CN2CCC[C@H](O)C2)n1Cc1ccccc1. The van der Waals surface area contributed by atoms with Crippen LogP contribution in [0.25, 0.3) is 0 Å². The highest BCUT2D eigenvalue weighted by Gasteiger charge is 2.25. The summed E-state index contributed by atoms with van der Waals surface area (Å²) in [6, 6.07) is 9.75. The first kappa shape index (κ1) is 20.0. The van der Waals surface area contributed by atoms with Gasteiger partial charge in [0, 0.05) is 20.2 Å². The number of benzene rings is 1. The number of hydrogen-bond donors (Lipinski definition) is 1. The number of aliphatic hydroxyl groups is 1. The third kappa shape index (κ3) is 5.16. The smallest absolute Gasteiger partial charge is 0.228 e. The molecule has 0 radical (unpaired) electrons. The molecule has 0 amide bonds. The standard InChI is InChI=1S/C19H27N3O4S/c1-26-10-11-27(24,25)19-20-12-17(14-21-9-5-8-18(23)15-21)22(19)13-16-6-3-2-4-7-16/h2-4,6-7,12,18,23H,5,8-11,13-15H2,1H3/t18-/m0/s1. The molecule has 0 spiro atoms. The molecule has 2 aromatic rings. The van der Waals surface area contributed by atoms with Crippen molar-refractivity contribution in [1.82, 2.24) is 14.5 Å². The van der Waals surface area contributed by atoms with Crippen LogP contribution in [0.15, 0.2) is 41.7 Å². The van der Waals surface area contributed by atoms with Gasteiger partial charge in [-0.1, -0.05) is 30.3 Å². The first-order chi connectivity index (χ1) is 13.0. The zero-order chi connectivity index (χ0) is 19.3. The minimum absolute atomic E-state index is 0.0796. The number of hydrogen-bond acceptors (Lipinski definition) is 6. The Kier molecular flexibility index (Phi) is 6.64. The molecule has 0 saturated carbocycles. The van der Waals surface area contributed by atoms with Crippen LogP contribution in [0.3, 0.4) is 0 Å². The van der Waals surface area contributed by atoms with Gasteiger partial charge in [0.15, 0.2) is 0 Å². The van der Waals surface area contributed by atoms with E-state index in [1.165, 1.54) is 7.11 Å². The number of imidazole rings is 1. The summed E-state index contributed by atoms with van der Waals surface area (Å²) >= 11 is 0. The van der Waals surface area contributed by atoms with Crippen molar-refractivity contribution in [1.29, 1.82) is 0 Å². The highest BCUT2D eigenvalue weighted by Crippen LogP contribution is 2.19. The Morgan fingerprint density at radius 1 is 1.26 bits per heavy atom. The number of piperidine rings is 1. The molecule has 0 unspecified atom stereocenters. The molecule has 8 heteroatoms. The molecule has 2 heterocycles. The third-order valence-corrected chi connectivity index (χ3v) is 6.37. The van der Waals surface area contributed by atoms with E-state index in [1.807, 2.05) is 30.3 Å². The fourth-order valence-electron chi connectivity index (χ4n) is 3.39. The lowest BCUT2D eigenvalue weighted by Crippen LogP contribution is -2.38. The Bertz CT molecular complexity index is 836. The lowest BCUT2D eigenvalue weighted by molar-refractivity contribution is 0.0655. The summed E-state index contributed by atoms with van der Waals surface area (Å²) in [7, 11) is -2.06. The molecule has 1 atom stereocenters. The molecule has 1 saturated heterocycles. The Labute approximate surface area is 160 Å². The Hall–Kier alpha value is -1.74. The van der Waals surface area contributed by atoms with Crippen molar-refractivity contribution in [2.75, 3.05) is 32.6 Å². The minimum Gasteiger partial charge on any atom is -0.392 e. The van der Waals surface area contributed by atoms with Crippen LogP contribution >= 0.6 is 0 Å². The quantitative estimate of drug-likeness (QED) is 0.728. The second-order valence-electron chi connectivity index (χ2n) is 6.95. The molecule has 1 N–H and O–H groups in total. The summed E-state index contributed by atoms with van der Waals surface area (Å²) < 4.78 is 32.2. The van der Waals surface area contributed by atoms with Crippen molar-refractivity contribution in [2.45, 2.75) is 37.2 Å². The number of aromatic nitrogens is 2. The lowest BCUT2D eigenvalue weighted by Gasteiger charge is -2.30. The number of rotatable bonds is 8. The van der Waals surface area contributed by atoms with E-state index < -0.39 is 9.84 Å². The van der Waals surface area contributed by atoms with Crippen LogP contribution in [-0.2, 0) is 27.7 Å². The number of likely N-dealkylation sites (tertiary alicyclic amines) is 1. The molecular weight excluding hydrogens is 366 g/mol. The van der Waals surface area contributed by atoms with Gasteiger partial charge in [-0.3, -0.25) is 4.90 Å². The zero-order valence-electron chi connectivity index (χ0n) is 15.6. The molecule has 1 fully saturated rings. The largest absolute Gasteiger partial charge is 0.392 e. The maximum absolute atomic E-state index is 12.7. The number of sulfone groups is 1. The average Bonchev–Trinajstić information content (AvgIpc) is 3.04. The van der Waals surface area contributed by atoms with Gasteiger partial charge in [-0.25, -0.2) is 13.4 Å². The van der Waals surface area contributed by atoms with Gasteiger partial charge < -0.3 is 14.4 Å². The second kappa shape index (κ2) is 8.97. The molecule has 148 valence electrons. The van der Waals surface area contributed by atoms with E-state index in [4.69, 9.17) is 4.74 Å². The number of methoxy groups -OCH3 is 1. The summed E-state index contributed by atoms with van der Waals surface area (Å²) in [4.78, 5) is 6.40. The molecule has 1 aliphatic heterocycles. The Morgan fingerprint density at radius 2 is 2.04 bits per heavy atom. The molecule has 3 rings (SSSR count). The lowest BCUT2D eigenvalue weighted by atomic mass is 10.1. The van der Waals surface area contributed by atoms with Gasteiger partial charge in [-0.2, -0.15) is 0 Å². The summed E-state index contributed by atoms with van der Waals surface area (Å²) in [6.07, 6.45) is 3.07. The fourth-order valence-corrected chi connectivity index (χ4v) is 4.69. The molecule has 0 aliphatic carbocycles. The van der Waals surface area contributed by atoms with Crippen molar-refractivity contribution in [3.63, 3.8) is 0 Å². The normalized spacial score (nSPS) is 18.7. The van der Waals surface area contributed by atoms with Crippen LogP contribution in [0.1, 0.15) is 24.1 Å². The number of nitrogens with zero attached hydrogens (tertiary/aromatic N) is 3. The first-order valence-corrected chi connectivity index (χ1v) is 10.9. The second-order valence-corrected chi connectivity index (χ2v) is 8.95. The third-order valence-electron chi connectivity index (χ3n) is 4.79. The van der Waals surface area contributed by atoms with E-state index >= 15 is 0 Å². The summed E-state index contributed by atoms with van der Waals surface area (Å²) in [5, 5.41) is 10.00. The monoisotopic (exact) mass is 393 g/mol. The highest BCUT2D eigenvalue weighted by molar-refractivity contribution is 7.91. The van der Waals surface area contributed by atoms with Crippen LogP contribution in [-0.4, -0.2) is 66.6 Å².